The summed E-state index contributed by atoms with van der Waals surface area (Å²) in [6.07, 6.45) is 3.24. The first-order valence-corrected chi connectivity index (χ1v) is 4.81. The van der Waals surface area contributed by atoms with Crippen molar-refractivity contribution < 1.29 is 9.90 Å². The third-order valence-electron chi connectivity index (χ3n) is 3.00. The molecule has 0 unspecified atom stereocenters. The monoisotopic (exact) mass is 186 g/mol. The maximum atomic E-state index is 10.7. The van der Waals surface area contributed by atoms with Gasteiger partial charge in [-0.1, -0.05) is 0 Å². The zero-order chi connectivity index (χ0) is 9.84. The SMILES string of the molecule is CN(C(=O)O)C1CCC(CN)CC1. The number of carbonyl (C=O) groups is 1. The van der Waals surface area contributed by atoms with Crippen LogP contribution in [-0.4, -0.2) is 35.7 Å². The molecular formula is C9H18N2O2. The van der Waals surface area contributed by atoms with Crippen LogP contribution >= 0.6 is 0 Å². The summed E-state index contributed by atoms with van der Waals surface area (Å²) in [5.41, 5.74) is 5.55. The van der Waals surface area contributed by atoms with Gasteiger partial charge in [-0.25, -0.2) is 4.79 Å². The predicted molar refractivity (Wildman–Crippen MR) is 50.6 cm³/mol. The van der Waals surface area contributed by atoms with Crippen LogP contribution in [0.1, 0.15) is 25.7 Å². The first kappa shape index (κ1) is 10.3. The Kier molecular flexibility index (Phi) is 3.54. The van der Waals surface area contributed by atoms with Gasteiger partial charge >= 0.3 is 6.09 Å². The number of nitrogens with two attached hydrogens (primary N) is 1. The molecule has 76 valence electrons. The lowest BCUT2D eigenvalue weighted by Crippen LogP contribution is -2.39. The lowest BCUT2D eigenvalue weighted by Gasteiger charge is -2.32. The molecule has 0 spiro atoms. The zero-order valence-electron chi connectivity index (χ0n) is 8.07. The summed E-state index contributed by atoms with van der Waals surface area (Å²) in [5, 5.41) is 8.76. The Bertz CT molecular complexity index is 176. The molecule has 1 amide bonds. The molecule has 1 rings (SSSR count). The summed E-state index contributed by atoms with van der Waals surface area (Å²) in [6, 6.07) is 0.209. The van der Waals surface area contributed by atoms with Crippen molar-refractivity contribution >= 4 is 6.09 Å². The second-order valence-corrected chi connectivity index (χ2v) is 3.80. The molecule has 0 radical (unpaired) electrons. The maximum Gasteiger partial charge on any atom is 0.407 e. The average Bonchev–Trinajstić information content (AvgIpc) is 2.17. The van der Waals surface area contributed by atoms with Gasteiger partial charge in [0.25, 0.3) is 0 Å². The molecule has 0 aromatic heterocycles. The Morgan fingerprint density at radius 3 is 2.38 bits per heavy atom. The molecule has 0 heterocycles. The van der Waals surface area contributed by atoms with E-state index >= 15 is 0 Å². The van der Waals surface area contributed by atoms with Crippen molar-refractivity contribution in [1.29, 1.82) is 0 Å². The fourth-order valence-corrected chi connectivity index (χ4v) is 1.92. The highest BCUT2D eigenvalue weighted by atomic mass is 16.4. The van der Waals surface area contributed by atoms with E-state index in [4.69, 9.17) is 10.8 Å². The highest BCUT2D eigenvalue weighted by molar-refractivity contribution is 5.64. The summed E-state index contributed by atoms with van der Waals surface area (Å²) >= 11 is 0. The van der Waals surface area contributed by atoms with Gasteiger partial charge < -0.3 is 15.7 Å². The molecule has 0 saturated heterocycles. The maximum absolute atomic E-state index is 10.7. The number of carboxylic acid groups (broad SMARTS) is 1. The molecule has 0 aromatic rings. The van der Waals surface area contributed by atoms with E-state index in [1.165, 1.54) is 4.90 Å². The van der Waals surface area contributed by atoms with Gasteiger partial charge in [0.1, 0.15) is 0 Å². The van der Waals surface area contributed by atoms with Crippen LogP contribution < -0.4 is 5.73 Å². The first-order valence-electron chi connectivity index (χ1n) is 4.81. The summed E-state index contributed by atoms with van der Waals surface area (Å²) in [7, 11) is 1.65. The first-order chi connectivity index (χ1) is 6.15. The largest absolute Gasteiger partial charge is 0.465 e. The van der Waals surface area contributed by atoms with Gasteiger partial charge in [-0.3, -0.25) is 0 Å². The third kappa shape index (κ3) is 2.59. The van der Waals surface area contributed by atoms with Crippen LogP contribution in [-0.2, 0) is 0 Å². The minimum Gasteiger partial charge on any atom is -0.465 e. The molecule has 1 fully saturated rings. The molecule has 4 nitrogen and oxygen atoms in total. The normalized spacial score (nSPS) is 28.5. The molecular weight excluding hydrogens is 168 g/mol. The fraction of sp³-hybridized carbons (Fsp3) is 0.889. The predicted octanol–water partition coefficient (Wildman–Crippen LogP) is 1.11. The van der Waals surface area contributed by atoms with Crippen molar-refractivity contribution in [2.24, 2.45) is 11.7 Å². The van der Waals surface area contributed by atoms with E-state index in [-0.39, 0.29) is 6.04 Å². The van der Waals surface area contributed by atoms with Gasteiger partial charge in [-0.2, -0.15) is 0 Å². The molecule has 1 aliphatic rings. The highest BCUT2D eigenvalue weighted by Gasteiger charge is 2.25. The zero-order valence-corrected chi connectivity index (χ0v) is 8.07. The summed E-state index contributed by atoms with van der Waals surface area (Å²) < 4.78 is 0. The highest BCUT2D eigenvalue weighted by Crippen LogP contribution is 2.26. The summed E-state index contributed by atoms with van der Waals surface area (Å²) in [6.45, 7) is 0.740. The van der Waals surface area contributed by atoms with Crippen molar-refractivity contribution in [3.8, 4) is 0 Å². The number of rotatable bonds is 2. The minimum atomic E-state index is -0.823. The van der Waals surface area contributed by atoms with Gasteiger partial charge in [-0.05, 0) is 38.1 Å². The van der Waals surface area contributed by atoms with Crippen LogP contribution in [0, 0.1) is 5.92 Å². The molecule has 0 atom stereocenters. The fourth-order valence-electron chi connectivity index (χ4n) is 1.92. The van der Waals surface area contributed by atoms with Gasteiger partial charge in [-0.15, -0.1) is 0 Å². The van der Waals surface area contributed by atoms with E-state index in [9.17, 15) is 4.79 Å². The van der Waals surface area contributed by atoms with E-state index in [2.05, 4.69) is 0 Å². The molecule has 1 aliphatic carbocycles. The quantitative estimate of drug-likeness (QED) is 0.679. The van der Waals surface area contributed by atoms with Gasteiger partial charge in [0, 0.05) is 13.1 Å². The Balaban J connectivity index is 2.36. The molecule has 1 saturated carbocycles. The van der Waals surface area contributed by atoms with Crippen molar-refractivity contribution in [2.45, 2.75) is 31.7 Å². The van der Waals surface area contributed by atoms with Crippen molar-refractivity contribution in [1.82, 2.24) is 4.90 Å². The van der Waals surface area contributed by atoms with E-state index < -0.39 is 6.09 Å². The number of hydrogen-bond donors (Lipinski definition) is 2. The Labute approximate surface area is 78.7 Å². The average molecular weight is 186 g/mol. The standard InChI is InChI=1S/C9H18N2O2/c1-11(9(12)13)8-4-2-7(6-10)3-5-8/h7-8H,2-6,10H2,1H3,(H,12,13). The van der Waals surface area contributed by atoms with E-state index in [1.54, 1.807) is 7.05 Å². The third-order valence-corrected chi connectivity index (χ3v) is 3.00. The summed E-state index contributed by atoms with van der Waals surface area (Å²) in [4.78, 5) is 12.1. The van der Waals surface area contributed by atoms with Crippen LogP contribution in [0.4, 0.5) is 4.79 Å². The smallest absolute Gasteiger partial charge is 0.407 e. The number of amides is 1. The van der Waals surface area contributed by atoms with Gasteiger partial charge in [0.2, 0.25) is 0 Å². The Morgan fingerprint density at radius 2 is 2.00 bits per heavy atom. The van der Waals surface area contributed by atoms with Gasteiger partial charge in [0.05, 0.1) is 0 Å². The van der Waals surface area contributed by atoms with Crippen LogP contribution in [0.5, 0.6) is 0 Å². The van der Waals surface area contributed by atoms with Crippen molar-refractivity contribution in [3.05, 3.63) is 0 Å². The second kappa shape index (κ2) is 4.46. The molecule has 0 aromatic carbocycles. The lowest BCUT2D eigenvalue weighted by molar-refractivity contribution is 0.119. The molecule has 4 heteroatoms. The topological polar surface area (TPSA) is 66.6 Å². The Hall–Kier alpha value is -0.770. The molecule has 0 bridgehead atoms. The van der Waals surface area contributed by atoms with Crippen LogP contribution in [0.3, 0.4) is 0 Å². The minimum absolute atomic E-state index is 0.209. The molecule has 13 heavy (non-hydrogen) atoms. The van der Waals surface area contributed by atoms with E-state index in [0.717, 1.165) is 32.2 Å². The van der Waals surface area contributed by atoms with Crippen LogP contribution in [0.15, 0.2) is 0 Å². The molecule has 3 N–H and O–H groups in total. The second-order valence-electron chi connectivity index (χ2n) is 3.80. The Morgan fingerprint density at radius 1 is 1.46 bits per heavy atom. The summed E-state index contributed by atoms with van der Waals surface area (Å²) in [5.74, 6) is 0.610. The van der Waals surface area contributed by atoms with Crippen LogP contribution in [0.25, 0.3) is 0 Å². The number of hydrogen-bond acceptors (Lipinski definition) is 2. The number of nitrogens with zero attached hydrogens (tertiary/aromatic N) is 1. The van der Waals surface area contributed by atoms with Crippen molar-refractivity contribution in [3.63, 3.8) is 0 Å². The van der Waals surface area contributed by atoms with Crippen molar-refractivity contribution in [2.75, 3.05) is 13.6 Å². The van der Waals surface area contributed by atoms with Gasteiger partial charge in [0.15, 0.2) is 0 Å². The molecule has 0 aliphatic heterocycles. The van der Waals surface area contributed by atoms with E-state index in [0.29, 0.717) is 5.92 Å². The van der Waals surface area contributed by atoms with Crippen LogP contribution in [0.2, 0.25) is 0 Å². The lowest BCUT2D eigenvalue weighted by atomic mass is 9.86. The van der Waals surface area contributed by atoms with E-state index in [1.807, 2.05) is 0 Å².